The highest BCUT2D eigenvalue weighted by atomic mass is 32.2. The number of hydrogen-bond donors (Lipinski definition) is 1. The minimum absolute atomic E-state index is 0.129. The molecule has 1 unspecified atom stereocenters. The molecule has 1 atom stereocenters. The number of aliphatic hydroxyl groups excluding tert-OH is 1. The van der Waals surface area contributed by atoms with Gasteiger partial charge in [0, 0.05) is 19.8 Å². The van der Waals surface area contributed by atoms with Crippen LogP contribution in [0.15, 0.2) is 35.5 Å². The molecule has 0 saturated carbocycles. The number of aliphatic hydroxyl groups is 1. The van der Waals surface area contributed by atoms with Crippen molar-refractivity contribution in [1.82, 2.24) is 14.1 Å². The van der Waals surface area contributed by atoms with Gasteiger partial charge in [-0.05, 0) is 44.0 Å². The molecule has 0 fully saturated rings. The quantitative estimate of drug-likeness (QED) is 0.868. The van der Waals surface area contributed by atoms with Crippen LogP contribution in [0.3, 0.4) is 0 Å². The molecule has 126 valence electrons. The van der Waals surface area contributed by atoms with Crippen molar-refractivity contribution in [2.45, 2.75) is 31.3 Å². The smallest absolute Gasteiger partial charge is 0.242 e. The first kappa shape index (κ1) is 17.6. The van der Waals surface area contributed by atoms with E-state index in [4.69, 9.17) is 0 Å². The number of halogens is 1. The molecule has 0 spiro atoms. The number of aromatic nitrogens is 2. The maximum atomic E-state index is 14.3. The summed E-state index contributed by atoms with van der Waals surface area (Å²) in [6.45, 7) is 3.57. The number of benzene rings is 1. The minimum Gasteiger partial charge on any atom is -0.393 e. The maximum Gasteiger partial charge on any atom is 0.242 e. The Morgan fingerprint density at radius 3 is 2.65 bits per heavy atom. The predicted octanol–water partition coefficient (Wildman–Crippen LogP) is 1.71. The third-order valence-corrected chi connectivity index (χ3v) is 5.30. The van der Waals surface area contributed by atoms with E-state index in [1.165, 1.54) is 23.9 Å². The van der Waals surface area contributed by atoms with Gasteiger partial charge in [0.05, 0.1) is 17.2 Å². The van der Waals surface area contributed by atoms with E-state index in [0.717, 1.165) is 15.9 Å². The topological polar surface area (TPSA) is 75.4 Å². The van der Waals surface area contributed by atoms with Gasteiger partial charge >= 0.3 is 0 Å². The van der Waals surface area contributed by atoms with Crippen molar-refractivity contribution in [3.05, 3.63) is 42.0 Å². The zero-order valence-electron chi connectivity index (χ0n) is 13.3. The first-order valence-electron chi connectivity index (χ1n) is 7.17. The molecule has 0 amide bonds. The summed E-state index contributed by atoms with van der Waals surface area (Å²) in [6, 6.07) is 3.72. The molecular formula is C15H20FN3O3S. The second kappa shape index (κ2) is 6.77. The van der Waals surface area contributed by atoms with Crippen LogP contribution < -0.4 is 0 Å². The van der Waals surface area contributed by atoms with Crippen LogP contribution in [-0.4, -0.2) is 47.3 Å². The van der Waals surface area contributed by atoms with Gasteiger partial charge in [-0.3, -0.25) is 0 Å². The van der Waals surface area contributed by atoms with Crippen molar-refractivity contribution in [2.75, 3.05) is 13.6 Å². The largest absolute Gasteiger partial charge is 0.393 e. The summed E-state index contributed by atoms with van der Waals surface area (Å²) in [5.41, 5.74) is 1.06. The lowest BCUT2D eigenvalue weighted by Crippen LogP contribution is -2.29. The average molecular weight is 341 g/mol. The lowest BCUT2D eigenvalue weighted by Gasteiger charge is -2.18. The van der Waals surface area contributed by atoms with Crippen molar-refractivity contribution in [2.24, 2.45) is 0 Å². The second-order valence-electron chi connectivity index (χ2n) is 5.54. The molecule has 1 heterocycles. The Hall–Kier alpha value is -1.77. The molecule has 6 nitrogen and oxygen atoms in total. The van der Waals surface area contributed by atoms with Gasteiger partial charge in [0.15, 0.2) is 0 Å². The van der Waals surface area contributed by atoms with Gasteiger partial charge < -0.3 is 5.11 Å². The standard InChI is InChI=1S/C15H20FN3O3S/c1-11-9-17-19(10-11)15-5-4-13(8-14(15)16)23(21,22)18(3)7-6-12(2)20/h4-5,8-10,12,20H,6-7H2,1-3H3. The molecular weight excluding hydrogens is 321 g/mol. The van der Waals surface area contributed by atoms with Crippen molar-refractivity contribution < 1.29 is 17.9 Å². The summed E-state index contributed by atoms with van der Waals surface area (Å²) >= 11 is 0. The summed E-state index contributed by atoms with van der Waals surface area (Å²) in [4.78, 5) is -0.129. The fraction of sp³-hybridized carbons (Fsp3) is 0.400. The fourth-order valence-electron chi connectivity index (χ4n) is 2.05. The summed E-state index contributed by atoms with van der Waals surface area (Å²) in [6.07, 6.45) is 2.95. The van der Waals surface area contributed by atoms with E-state index in [0.29, 0.717) is 6.42 Å². The van der Waals surface area contributed by atoms with Crippen molar-refractivity contribution in [1.29, 1.82) is 0 Å². The number of nitrogens with zero attached hydrogens (tertiary/aromatic N) is 3. The van der Waals surface area contributed by atoms with Crippen LogP contribution in [0.2, 0.25) is 0 Å². The van der Waals surface area contributed by atoms with Crippen LogP contribution >= 0.6 is 0 Å². The van der Waals surface area contributed by atoms with Crippen LogP contribution in [0.5, 0.6) is 0 Å². The predicted molar refractivity (Wildman–Crippen MR) is 84.4 cm³/mol. The summed E-state index contributed by atoms with van der Waals surface area (Å²) < 4.78 is 41.5. The number of hydrogen-bond acceptors (Lipinski definition) is 4. The van der Waals surface area contributed by atoms with Crippen LogP contribution in [-0.2, 0) is 10.0 Å². The van der Waals surface area contributed by atoms with E-state index < -0.39 is 21.9 Å². The lowest BCUT2D eigenvalue weighted by atomic mass is 10.3. The van der Waals surface area contributed by atoms with Gasteiger partial charge in [-0.1, -0.05) is 0 Å². The van der Waals surface area contributed by atoms with E-state index >= 15 is 0 Å². The molecule has 23 heavy (non-hydrogen) atoms. The van der Waals surface area contributed by atoms with Crippen LogP contribution in [0.25, 0.3) is 5.69 Å². The van der Waals surface area contributed by atoms with Gasteiger partial charge in [-0.15, -0.1) is 0 Å². The van der Waals surface area contributed by atoms with Gasteiger partial charge in [-0.2, -0.15) is 5.10 Å². The first-order valence-corrected chi connectivity index (χ1v) is 8.61. The number of sulfonamides is 1. The zero-order chi connectivity index (χ0) is 17.2. The third-order valence-electron chi connectivity index (χ3n) is 3.45. The number of rotatable bonds is 6. The molecule has 2 rings (SSSR count). The molecule has 8 heteroatoms. The van der Waals surface area contributed by atoms with E-state index in [-0.39, 0.29) is 17.1 Å². The van der Waals surface area contributed by atoms with Gasteiger partial charge in [0.25, 0.3) is 0 Å². The Bertz CT molecular complexity index is 787. The molecule has 0 aliphatic heterocycles. The second-order valence-corrected chi connectivity index (χ2v) is 7.58. The third kappa shape index (κ3) is 3.95. The molecule has 0 radical (unpaired) electrons. The van der Waals surface area contributed by atoms with E-state index in [1.807, 2.05) is 6.92 Å². The minimum atomic E-state index is -3.80. The highest BCUT2D eigenvalue weighted by molar-refractivity contribution is 7.89. The fourth-order valence-corrected chi connectivity index (χ4v) is 3.25. The van der Waals surface area contributed by atoms with E-state index in [2.05, 4.69) is 5.10 Å². The first-order chi connectivity index (χ1) is 10.7. The average Bonchev–Trinajstić information content (AvgIpc) is 2.90. The summed E-state index contributed by atoms with van der Waals surface area (Å²) in [5, 5.41) is 13.3. The molecule has 0 saturated heterocycles. The molecule has 1 N–H and O–H groups in total. The van der Waals surface area contributed by atoms with Crippen molar-refractivity contribution in [3.8, 4) is 5.69 Å². The maximum absolute atomic E-state index is 14.3. The SMILES string of the molecule is Cc1cnn(-c2ccc(S(=O)(=O)N(C)CCC(C)O)cc2F)c1. The van der Waals surface area contributed by atoms with E-state index in [1.54, 1.807) is 19.3 Å². The Labute approximate surface area is 135 Å². The van der Waals surface area contributed by atoms with Crippen LogP contribution in [0.4, 0.5) is 4.39 Å². The lowest BCUT2D eigenvalue weighted by molar-refractivity contribution is 0.177. The Morgan fingerprint density at radius 2 is 2.13 bits per heavy atom. The van der Waals surface area contributed by atoms with Gasteiger partial charge in [-0.25, -0.2) is 21.8 Å². The Kier molecular flexibility index (Phi) is 5.18. The normalized spacial score (nSPS) is 13.5. The van der Waals surface area contributed by atoms with Crippen LogP contribution in [0, 0.1) is 12.7 Å². The van der Waals surface area contributed by atoms with Gasteiger partial charge in [0.2, 0.25) is 10.0 Å². The Morgan fingerprint density at radius 1 is 1.43 bits per heavy atom. The molecule has 0 bridgehead atoms. The van der Waals surface area contributed by atoms with Crippen molar-refractivity contribution >= 4 is 10.0 Å². The Balaban J connectivity index is 2.28. The molecule has 1 aromatic heterocycles. The van der Waals surface area contributed by atoms with E-state index in [9.17, 15) is 17.9 Å². The zero-order valence-corrected chi connectivity index (χ0v) is 14.1. The highest BCUT2D eigenvalue weighted by Gasteiger charge is 2.22. The molecule has 1 aromatic carbocycles. The number of aryl methyl sites for hydroxylation is 1. The summed E-state index contributed by atoms with van der Waals surface area (Å²) in [7, 11) is -2.40. The monoisotopic (exact) mass is 341 g/mol. The van der Waals surface area contributed by atoms with Gasteiger partial charge in [0.1, 0.15) is 11.5 Å². The molecule has 0 aliphatic carbocycles. The summed E-state index contributed by atoms with van der Waals surface area (Å²) in [5.74, 6) is -0.668. The van der Waals surface area contributed by atoms with Crippen molar-refractivity contribution in [3.63, 3.8) is 0 Å². The van der Waals surface area contributed by atoms with Crippen LogP contribution in [0.1, 0.15) is 18.9 Å². The molecule has 0 aliphatic rings. The molecule has 2 aromatic rings. The highest BCUT2D eigenvalue weighted by Crippen LogP contribution is 2.21.